The molecule has 0 aromatic heterocycles. The zero-order valence-corrected chi connectivity index (χ0v) is 14.4. The number of anilines is 1. The largest absolute Gasteiger partial charge is 0.465 e. The third-order valence-corrected chi connectivity index (χ3v) is 4.28. The highest BCUT2D eigenvalue weighted by Gasteiger charge is 2.19. The third-order valence-electron chi connectivity index (χ3n) is 3.09. The maximum absolute atomic E-state index is 11.9. The summed E-state index contributed by atoms with van der Waals surface area (Å²) < 4.78 is 29.6. The van der Waals surface area contributed by atoms with Gasteiger partial charge in [0.2, 0.25) is 15.9 Å². The summed E-state index contributed by atoms with van der Waals surface area (Å²) in [5, 5.41) is 2.70. The number of ether oxygens (including phenoxy) is 1. The van der Waals surface area contributed by atoms with Crippen LogP contribution in [0.2, 0.25) is 0 Å². The molecule has 0 aliphatic heterocycles. The van der Waals surface area contributed by atoms with Crippen molar-refractivity contribution in [3.05, 3.63) is 29.8 Å². The second-order valence-electron chi connectivity index (χ2n) is 4.97. The van der Waals surface area contributed by atoms with Crippen LogP contribution >= 0.6 is 0 Å². The van der Waals surface area contributed by atoms with Crippen LogP contribution < -0.4 is 9.62 Å². The standard InChI is InChI=1S/C15H22N2O5S/c1-4-10-16-14(18)9-11-17(23(3,20)21)13-7-5-12(6-8-13)15(19)22-2/h5-8H,4,9-11H2,1-3H3,(H,16,18). The normalized spacial score (nSPS) is 10.9. The Kier molecular flexibility index (Phi) is 7.02. The van der Waals surface area contributed by atoms with Gasteiger partial charge in [-0.3, -0.25) is 9.10 Å². The molecule has 23 heavy (non-hydrogen) atoms. The zero-order valence-electron chi connectivity index (χ0n) is 13.5. The van der Waals surface area contributed by atoms with Crippen LogP contribution in [0.3, 0.4) is 0 Å². The quantitative estimate of drug-likeness (QED) is 0.716. The molecule has 0 aliphatic carbocycles. The first-order valence-corrected chi connectivity index (χ1v) is 9.07. The van der Waals surface area contributed by atoms with Gasteiger partial charge in [0.05, 0.1) is 24.6 Å². The van der Waals surface area contributed by atoms with E-state index in [1.165, 1.54) is 31.4 Å². The molecule has 0 bridgehead atoms. The fourth-order valence-electron chi connectivity index (χ4n) is 1.92. The summed E-state index contributed by atoms with van der Waals surface area (Å²) in [5.41, 5.74) is 0.717. The highest BCUT2D eigenvalue weighted by atomic mass is 32.2. The van der Waals surface area contributed by atoms with Crippen molar-refractivity contribution in [3.63, 3.8) is 0 Å². The molecule has 0 radical (unpaired) electrons. The van der Waals surface area contributed by atoms with Gasteiger partial charge in [-0.05, 0) is 30.7 Å². The second kappa shape index (κ2) is 8.52. The van der Waals surface area contributed by atoms with Gasteiger partial charge < -0.3 is 10.1 Å². The first kappa shape index (κ1) is 19.0. The van der Waals surface area contributed by atoms with E-state index in [4.69, 9.17) is 0 Å². The van der Waals surface area contributed by atoms with Crippen LogP contribution in [-0.2, 0) is 19.6 Å². The molecule has 8 heteroatoms. The van der Waals surface area contributed by atoms with E-state index in [0.717, 1.165) is 17.0 Å². The number of methoxy groups -OCH3 is 1. The monoisotopic (exact) mass is 342 g/mol. The summed E-state index contributed by atoms with van der Waals surface area (Å²) in [7, 11) is -2.26. The van der Waals surface area contributed by atoms with E-state index in [-0.39, 0.29) is 18.9 Å². The molecule has 128 valence electrons. The number of carbonyl (C=O) groups excluding carboxylic acids is 2. The SMILES string of the molecule is CCCNC(=O)CCN(c1ccc(C(=O)OC)cc1)S(C)(=O)=O. The van der Waals surface area contributed by atoms with E-state index in [9.17, 15) is 18.0 Å². The topological polar surface area (TPSA) is 92.8 Å². The molecule has 0 saturated heterocycles. The predicted octanol–water partition coefficient (Wildman–Crippen LogP) is 1.16. The Labute approximate surface area is 136 Å². The summed E-state index contributed by atoms with van der Waals surface area (Å²) in [6, 6.07) is 5.99. The molecule has 7 nitrogen and oxygen atoms in total. The highest BCUT2D eigenvalue weighted by Crippen LogP contribution is 2.19. The van der Waals surface area contributed by atoms with Crippen molar-refractivity contribution >= 4 is 27.6 Å². The van der Waals surface area contributed by atoms with E-state index >= 15 is 0 Å². The van der Waals surface area contributed by atoms with Crippen molar-refractivity contribution in [1.29, 1.82) is 0 Å². The minimum absolute atomic E-state index is 0.0337. The maximum Gasteiger partial charge on any atom is 0.337 e. The first-order valence-electron chi connectivity index (χ1n) is 7.22. The Hall–Kier alpha value is -2.09. The van der Waals surface area contributed by atoms with E-state index in [1.807, 2.05) is 6.92 Å². The number of nitrogens with zero attached hydrogens (tertiary/aromatic N) is 1. The number of sulfonamides is 1. The predicted molar refractivity (Wildman–Crippen MR) is 87.9 cm³/mol. The van der Waals surface area contributed by atoms with Crippen molar-refractivity contribution in [3.8, 4) is 0 Å². The highest BCUT2D eigenvalue weighted by molar-refractivity contribution is 7.92. The van der Waals surface area contributed by atoms with Gasteiger partial charge in [0, 0.05) is 19.5 Å². The molecule has 0 aliphatic rings. The van der Waals surface area contributed by atoms with Crippen molar-refractivity contribution < 1.29 is 22.7 Å². The van der Waals surface area contributed by atoms with Gasteiger partial charge >= 0.3 is 5.97 Å². The average molecular weight is 342 g/mol. The first-order chi connectivity index (χ1) is 10.8. The zero-order chi connectivity index (χ0) is 17.5. The van der Waals surface area contributed by atoms with Gasteiger partial charge in [0.25, 0.3) is 0 Å². The molecule has 1 rings (SSSR count). The number of amides is 1. The lowest BCUT2D eigenvalue weighted by Crippen LogP contribution is -2.34. The minimum atomic E-state index is -3.54. The fraction of sp³-hybridized carbons (Fsp3) is 0.467. The lowest BCUT2D eigenvalue weighted by molar-refractivity contribution is -0.120. The number of benzene rings is 1. The Balaban J connectivity index is 2.87. The molecule has 1 N–H and O–H groups in total. The van der Waals surface area contributed by atoms with Gasteiger partial charge in [-0.2, -0.15) is 0 Å². The number of nitrogens with one attached hydrogen (secondary N) is 1. The number of hydrogen-bond donors (Lipinski definition) is 1. The number of esters is 1. The summed E-state index contributed by atoms with van der Waals surface area (Å²) in [4.78, 5) is 23.1. The maximum atomic E-state index is 11.9. The van der Waals surface area contributed by atoms with Crippen molar-refractivity contribution in [2.24, 2.45) is 0 Å². The lowest BCUT2D eigenvalue weighted by Gasteiger charge is -2.22. The smallest absolute Gasteiger partial charge is 0.337 e. The molecule has 0 saturated carbocycles. The molecule has 1 amide bonds. The molecule has 1 aromatic carbocycles. The van der Waals surface area contributed by atoms with Crippen molar-refractivity contribution in [1.82, 2.24) is 5.32 Å². The summed E-state index contributed by atoms with van der Waals surface area (Å²) in [5.74, 6) is -0.701. The lowest BCUT2D eigenvalue weighted by atomic mass is 10.2. The van der Waals surface area contributed by atoms with Crippen LogP contribution in [0.25, 0.3) is 0 Å². The Morgan fingerprint density at radius 1 is 1.22 bits per heavy atom. The van der Waals surface area contributed by atoms with Gasteiger partial charge in [0.15, 0.2) is 0 Å². The van der Waals surface area contributed by atoms with Crippen LogP contribution in [0.1, 0.15) is 30.1 Å². The van der Waals surface area contributed by atoms with E-state index in [0.29, 0.717) is 17.8 Å². The molecule has 0 fully saturated rings. The third kappa shape index (κ3) is 5.90. The molecule has 1 aromatic rings. The minimum Gasteiger partial charge on any atom is -0.465 e. The molecular weight excluding hydrogens is 320 g/mol. The van der Waals surface area contributed by atoms with Crippen LogP contribution in [0.5, 0.6) is 0 Å². The fourth-order valence-corrected chi connectivity index (χ4v) is 2.85. The van der Waals surface area contributed by atoms with Crippen LogP contribution in [0.4, 0.5) is 5.69 Å². The summed E-state index contributed by atoms with van der Waals surface area (Å²) in [6.45, 7) is 2.53. The summed E-state index contributed by atoms with van der Waals surface area (Å²) >= 11 is 0. The van der Waals surface area contributed by atoms with Gasteiger partial charge in [0.1, 0.15) is 0 Å². The molecule has 0 spiro atoms. The summed E-state index contributed by atoms with van der Waals surface area (Å²) in [6.07, 6.45) is 1.95. The van der Waals surface area contributed by atoms with Crippen molar-refractivity contribution in [2.75, 3.05) is 30.8 Å². The Bertz CT molecular complexity index is 640. The second-order valence-corrected chi connectivity index (χ2v) is 6.88. The number of carbonyl (C=O) groups is 2. The average Bonchev–Trinajstić information content (AvgIpc) is 2.51. The van der Waals surface area contributed by atoms with Crippen LogP contribution in [-0.4, -0.2) is 46.7 Å². The molecule has 0 unspecified atom stereocenters. The van der Waals surface area contributed by atoms with Crippen molar-refractivity contribution in [2.45, 2.75) is 19.8 Å². The van der Waals surface area contributed by atoms with Crippen LogP contribution in [0, 0.1) is 0 Å². The van der Waals surface area contributed by atoms with Gasteiger partial charge in [-0.1, -0.05) is 6.92 Å². The molecule has 0 heterocycles. The Morgan fingerprint density at radius 2 is 1.83 bits per heavy atom. The van der Waals surface area contributed by atoms with E-state index < -0.39 is 16.0 Å². The number of hydrogen-bond acceptors (Lipinski definition) is 5. The molecule has 0 atom stereocenters. The van der Waals surface area contributed by atoms with Crippen LogP contribution in [0.15, 0.2) is 24.3 Å². The van der Waals surface area contributed by atoms with E-state index in [1.54, 1.807) is 0 Å². The van der Waals surface area contributed by atoms with Gasteiger partial charge in [-0.15, -0.1) is 0 Å². The van der Waals surface area contributed by atoms with E-state index in [2.05, 4.69) is 10.1 Å². The Morgan fingerprint density at radius 3 is 2.30 bits per heavy atom. The molecular formula is C15H22N2O5S. The van der Waals surface area contributed by atoms with Gasteiger partial charge in [-0.25, -0.2) is 13.2 Å². The number of rotatable bonds is 8.